The summed E-state index contributed by atoms with van der Waals surface area (Å²) in [7, 11) is 0. The SMILES string of the molecule is CCOC(CCN1CCSC(C)C1C)OCC. The Kier molecular flexibility index (Phi) is 7.51. The summed E-state index contributed by atoms with van der Waals surface area (Å²) >= 11 is 2.08. The van der Waals surface area contributed by atoms with Gasteiger partial charge < -0.3 is 9.47 Å². The molecule has 1 aliphatic rings. The predicted molar refractivity (Wildman–Crippen MR) is 74.6 cm³/mol. The van der Waals surface area contributed by atoms with Crippen LogP contribution in [0.1, 0.15) is 34.1 Å². The third-order valence-electron chi connectivity index (χ3n) is 3.37. The summed E-state index contributed by atoms with van der Waals surface area (Å²) in [6.45, 7) is 12.4. The van der Waals surface area contributed by atoms with Crippen LogP contribution >= 0.6 is 11.8 Å². The first-order chi connectivity index (χ1) is 8.19. The summed E-state index contributed by atoms with van der Waals surface area (Å²) in [6, 6.07) is 0.664. The van der Waals surface area contributed by atoms with Gasteiger partial charge in [-0.25, -0.2) is 0 Å². The summed E-state index contributed by atoms with van der Waals surface area (Å²) < 4.78 is 11.2. The second-order valence-electron chi connectivity index (χ2n) is 4.48. The number of hydrogen-bond donors (Lipinski definition) is 0. The van der Waals surface area contributed by atoms with Crippen molar-refractivity contribution in [1.82, 2.24) is 4.90 Å². The molecule has 1 heterocycles. The van der Waals surface area contributed by atoms with Gasteiger partial charge in [0.2, 0.25) is 0 Å². The smallest absolute Gasteiger partial charge is 0.158 e. The standard InChI is InChI=1S/C13H27NO2S/c1-5-15-13(16-6-2)7-8-14-9-10-17-12(4)11(14)3/h11-13H,5-10H2,1-4H3. The van der Waals surface area contributed by atoms with Gasteiger partial charge in [-0.1, -0.05) is 6.92 Å². The minimum absolute atomic E-state index is 0.0258. The first-order valence-electron chi connectivity index (χ1n) is 6.77. The van der Waals surface area contributed by atoms with Gasteiger partial charge in [-0.15, -0.1) is 0 Å². The van der Waals surface area contributed by atoms with Crippen molar-refractivity contribution >= 4 is 11.8 Å². The van der Waals surface area contributed by atoms with Gasteiger partial charge in [-0.05, 0) is 20.8 Å². The lowest BCUT2D eigenvalue weighted by Crippen LogP contribution is -2.45. The highest BCUT2D eigenvalue weighted by Gasteiger charge is 2.25. The minimum Gasteiger partial charge on any atom is -0.353 e. The van der Waals surface area contributed by atoms with E-state index in [9.17, 15) is 0 Å². The fraction of sp³-hybridized carbons (Fsp3) is 1.00. The van der Waals surface area contributed by atoms with E-state index in [2.05, 4.69) is 30.5 Å². The highest BCUT2D eigenvalue weighted by molar-refractivity contribution is 8.00. The quantitative estimate of drug-likeness (QED) is 0.657. The van der Waals surface area contributed by atoms with Crippen LogP contribution in [0.25, 0.3) is 0 Å². The maximum atomic E-state index is 5.58. The van der Waals surface area contributed by atoms with Gasteiger partial charge in [-0.3, -0.25) is 4.90 Å². The van der Waals surface area contributed by atoms with E-state index < -0.39 is 0 Å². The Morgan fingerprint density at radius 1 is 1.24 bits per heavy atom. The van der Waals surface area contributed by atoms with Crippen LogP contribution in [-0.2, 0) is 9.47 Å². The van der Waals surface area contributed by atoms with Crippen LogP contribution in [0.2, 0.25) is 0 Å². The molecule has 0 aliphatic carbocycles. The number of rotatable bonds is 7. The van der Waals surface area contributed by atoms with Gasteiger partial charge in [0, 0.05) is 49.8 Å². The molecule has 0 saturated carbocycles. The number of ether oxygens (including phenoxy) is 2. The molecule has 0 bridgehead atoms. The van der Waals surface area contributed by atoms with Gasteiger partial charge in [0.25, 0.3) is 0 Å². The molecule has 0 N–H and O–H groups in total. The van der Waals surface area contributed by atoms with Crippen LogP contribution in [0.5, 0.6) is 0 Å². The van der Waals surface area contributed by atoms with E-state index in [4.69, 9.17) is 9.47 Å². The van der Waals surface area contributed by atoms with Crippen molar-refractivity contribution in [3.05, 3.63) is 0 Å². The lowest BCUT2D eigenvalue weighted by molar-refractivity contribution is -0.142. The van der Waals surface area contributed by atoms with E-state index in [1.165, 1.54) is 12.3 Å². The van der Waals surface area contributed by atoms with Crippen LogP contribution in [0.15, 0.2) is 0 Å². The molecule has 3 nitrogen and oxygen atoms in total. The summed E-state index contributed by atoms with van der Waals surface area (Å²) in [5, 5.41) is 0.737. The van der Waals surface area contributed by atoms with E-state index in [1.54, 1.807) is 0 Å². The molecule has 4 heteroatoms. The van der Waals surface area contributed by atoms with Gasteiger partial charge >= 0.3 is 0 Å². The Balaban J connectivity index is 2.31. The number of thioether (sulfide) groups is 1. The average Bonchev–Trinajstić information content (AvgIpc) is 2.31. The van der Waals surface area contributed by atoms with Crippen molar-refractivity contribution in [2.75, 3.05) is 32.1 Å². The molecule has 0 spiro atoms. The third kappa shape index (κ3) is 5.16. The zero-order valence-corrected chi connectivity index (χ0v) is 12.5. The van der Waals surface area contributed by atoms with E-state index in [0.717, 1.165) is 31.4 Å². The normalized spacial score (nSPS) is 26.6. The summed E-state index contributed by atoms with van der Waals surface area (Å²) in [5.41, 5.74) is 0. The van der Waals surface area contributed by atoms with Gasteiger partial charge in [0.15, 0.2) is 6.29 Å². The molecule has 0 aromatic heterocycles. The van der Waals surface area contributed by atoms with Crippen LogP contribution in [0, 0.1) is 0 Å². The zero-order valence-electron chi connectivity index (χ0n) is 11.6. The monoisotopic (exact) mass is 261 g/mol. The predicted octanol–water partition coefficient (Wildman–Crippen LogP) is 2.60. The van der Waals surface area contributed by atoms with Gasteiger partial charge in [0.1, 0.15) is 0 Å². The molecule has 0 aromatic rings. The fourth-order valence-electron chi connectivity index (χ4n) is 2.17. The second kappa shape index (κ2) is 8.35. The molecule has 1 rings (SSSR count). The largest absolute Gasteiger partial charge is 0.353 e. The minimum atomic E-state index is -0.0258. The van der Waals surface area contributed by atoms with Crippen molar-refractivity contribution in [3.63, 3.8) is 0 Å². The molecule has 1 saturated heterocycles. The fourth-order valence-corrected chi connectivity index (χ4v) is 3.33. The van der Waals surface area contributed by atoms with E-state index in [0.29, 0.717) is 6.04 Å². The Morgan fingerprint density at radius 2 is 1.88 bits per heavy atom. The zero-order chi connectivity index (χ0) is 12.7. The Labute approximate surface area is 110 Å². The maximum Gasteiger partial charge on any atom is 0.158 e. The van der Waals surface area contributed by atoms with Gasteiger partial charge in [0.05, 0.1) is 0 Å². The average molecular weight is 261 g/mol. The molecule has 1 aliphatic heterocycles. The topological polar surface area (TPSA) is 21.7 Å². The summed E-state index contributed by atoms with van der Waals surface area (Å²) in [6.07, 6.45) is 0.950. The maximum absolute atomic E-state index is 5.58. The Morgan fingerprint density at radius 3 is 2.47 bits per heavy atom. The Hall–Kier alpha value is 0.230. The van der Waals surface area contributed by atoms with E-state index in [-0.39, 0.29) is 6.29 Å². The molecule has 2 unspecified atom stereocenters. The molecule has 1 fully saturated rings. The van der Waals surface area contributed by atoms with Crippen LogP contribution in [-0.4, -0.2) is 54.5 Å². The van der Waals surface area contributed by atoms with Crippen molar-refractivity contribution in [2.45, 2.75) is 51.7 Å². The molecule has 0 radical (unpaired) electrons. The first-order valence-corrected chi connectivity index (χ1v) is 7.82. The molecular weight excluding hydrogens is 234 g/mol. The van der Waals surface area contributed by atoms with Crippen LogP contribution in [0.3, 0.4) is 0 Å². The molecule has 17 heavy (non-hydrogen) atoms. The van der Waals surface area contributed by atoms with Gasteiger partial charge in [-0.2, -0.15) is 11.8 Å². The number of hydrogen-bond acceptors (Lipinski definition) is 4. The summed E-state index contributed by atoms with van der Waals surface area (Å²) in [5.74, 6) is 1.25. The third-order valence-corrected chi connectivity index (χ3v) is 4.71. The van der Waals surface area contributed by atoms with Crippen molar-refractivity contribution < 1.29 is 9.47 Å². The van der Waals surface area contributed by atoms with E-state index >= 15 is 0 Å². The summed E-state index contributed by atoms with van der Waals surface area (Å²) in [4.78, 5) is 2.56. The van der Waals surface area contributed by atoms with E-state index in [1.807, 2.05) is 13.8 Å². The molecule has 0 amide bonds. The highest BCUT2D eigenvalue weighted by atomic mass is 32.2. The Bertz CT molecular complexity index is 198. The van der Waals surface area contributed by atoms with Crippen molar-refractivity contribution in [2.24, 2.45) is 0 Å². The van der Waals surface area contributed by atoms with Crippen molar-refractivity contribution in [3.8, 4) is 0 Å². The van der Waals surface area contributed by atoms with Crippen LogP contribution in [0.4, 0.5) is 0 Å². The number of nitrogens with zero attached hydrogens (tertiary/aromatic N) is 1. The highest BCUT2D eigenvalue weighted by Crippen LogP contribution is 2.24. The molecular formula is C13H27NO2S. The molecule has 2 atom stereocenters. The molecule has 102 valence electrons. The lowest BCUT2D eigenvalue weighted by Gasteiger charge is -2.38. The van der Waals surface area contributed by atoms with Crippen molar-refractivity contribution in [1.29, 1.82) is 0 Å². The first kappa shape index (κ1) is 15.3. The van der Waals surface area contributed by atoms with Crippen LogP contribution < -0.4 is 0 Å². The second-order valence-corrected chi connectivity index (χ2v) is 5.97. The molecule has 0 aromatic carbocycles. The lowest BCUT2D eigenvalue weighted by atomic mass is 10.2.